The van der Waals surface area contributed by atoms with Gasteiger partial charge >= 0.3 is 11.9 Å². The summed E-state index contributed by atoms with van der Waals surface area (Å²) in [6.45, 7) is 7.55. The summed E-state index contributed by atoms with van der Waals surface area (Å²) in [4.78, 5) is 25.3. The molecule has 0 saturated heterocycles. The van der Waals surface area contributed by atoms with Crippen LogP contribution in [0, 0.1) is 0 Å². The molecule has 0 aromatic heterocycles. The third kappa shape index (κ3) is 46.0. The Morgan fingerprint density at radius 3 is 1.22 bits per heavy atom. The topological polar surface area (TPSA) is 61.8 Å². The molecule has 0 saturated carbocycles. The lowest BCUT2D eigenvalue weighted by atomic mass is 10.0. The van der Waals surface area contributed by atoms with Crippen LogP contribution in [0.4, 0.5) is 0 Å². The molecule has 0 rings (SSSR count). The van der Waals surface area contributed by atoms with Crippen LogP contribution in [0.2, 0.25) is 0 Å². The molecule has 58 heavy (non-hydrogen) atoms. The minimum absolute atomic E-state index is 0.0577. The zero-order valence-corrected chi connectivity index (χ0v) is 38.3. The largest absolute Gasteiger partial charge is 0.462 e. The molecule has 0 bridgehead atoms. The van der Waals surface area contributed by atoms with Crippen molar-refractivity contribution in [3.05, 3.63) is 72.9 Å². The van der Waals surface area contributed by atoms with Gasteiger partial charge in [0, 0.05) is 19.4 Å². The van der Waals surface area contributed by atoms with Crippen LogP contribution in [0.25, 0.3) is 0 Å². The average Bonchev–Trinajstić information content (AvgIpc) is 3.22. The average molecular weight is 809 g/mol. The molecule has 5 heteroatoms. The normalized spacial score (nSPS) is 12.8. The van der Waals surface area contributed by atoms with Gasteiger partial charge < -0.3 is 14.2 Å². The predicted molar refractivity (Wildman–Crippen MR) is 251 cm³/mol. The van der Waals surface area contributed by atoms with Gasteiger partial charge in [-0.25, -0.2) is 0 Å². The van der Waals surface area contributed by atoms with Crippen LogP contribution < -0.4 is 0 Å². The number of ether oxygens (including phenoxy) is 3. The van der Waals surface area contributed by atoms with E-state index in [2.05, 4.69) is 93.7 Å². The van der Waals surface area contributed by atoms with Gasteiger partial charge in [0.2, 0.25) is 0 Å². The van der Waals surface area contributed by atoms with Crippen LogP contribution in [0.1, 0.15) is 226 Å². The van der Waals surface area contributed by atoms with Crippen LogP contribution in [-0.4, -0.2) is 37.9 Å². The summed E-state index contributed by atoms with van der Waals surface area (Å²) in [5.74, 6) is -0.463. The molecule has 0 spiro atoms. The van der Waals surface area contributed by atoms with Crippen LogP contribution >= 0.6 is 0 Å². The van der Waals surface area contributed by atoms with Gasteiger partial charge in [0.15, 0.2) is 6.10 Å². The standard InChI is InChI=1S/C53H92O5/c1-4-7-10-13-16-19-22-25-26-27-30-33-36-39-42-45-48-56-49-51(58-53(55)47-44-41-38-35-32-29-24-21-18-15-12-9-6-3)50-57-52(54)46-43-40-37-34-31-28-23-20-17-14-11-8-5-2/h8-9,11-12,17-18,20-21,28-29,31-32,51H,4-7,10,13-16,19,22-27,30,33-50H2,1-3H3/b11-8-,12-9-,20-17-,21-18-,31-28-,32-29-. The molecule has 0 fully saturated rings. The van der Waals surface area contributed by atoms with Gasteiger partial charge in [0.25, 0.3) is 0 Å². The van der Waals surface area contributed by atoms with E-state index in [1.807, 2.05) is 0 Å². The number of carbonyl (C=O) groups excluding carboxylic acids is 2. The maximum absolute atomic E-state index is 12.7. The SMILES string of the molecule is CC/C=C\C/C=C\C/C=C\CCCCCC(=O)OCC(COCCCCCCCCCCCCCCCCCC)OC(=O)CCCCC/C=C\C/C=C\C/C=C\CC. The molecule has 1 atom stereocenters. The smallest absolute Gasteiger partial charge is 0.306 e. The summed E-state index contributed by atoms with van der Waals surface area (Å²) in [5.41, 5.74) is 0. The van der Waals surface area contributed by atoms with Crippen molar-refractivity contribution < 1.29 is 23.8 Å². The Balaban J connectivity index is 4.32. The number of unbranched alkanes of at least 4 members (excludes halogenated alkanes) is 21. The Labute approximate surface area is 359 Å². The van der Waals surface area contributed by atoms with E-state index in [0.29, 0.717) is 19.4 Å². The van der Waals surface area contributed by atoms with Gasteiger partial charge in [-0.3, -0.25) is 9.59 Å². The lowest BCUT2D eigenvalue weighted by Crippen LogP contribution is -2.30. The van der Waals surface area contributed by atoms with Gasteiger partial charge in [0.1, 0.15) is 6.61 Å². The van der Waals surface area contributed by atoms with E-state index in [4.69, 9.17) is 14.2 Å². The number of esters is 2. The molecule has 0 aliphatic rings. The van der Waals surface area contributed by atoms with E-state index in [1.165, 1.54) is 89.9 Å². The highest BCUT2D eigenvalue weighted by Crippen LogP contribution is 2.14. The third-order valence-electron chi connectivity index (χ3n) is 10.2. The summed E-state index contributed by atoms with van der Waals surface area (Å²) in [6, 6.07) is 0. The fourth-order valence-corrected chi connectivity index (χ4v) is 6.66. The molecular weight excluding hydrogens is 717 g/mol. The minimum atomic E-state index is -0.562. The summed E-state index contributed by atoms with van der Waals surface area (Å²) in [5, 5.41) is 0. The molecular formula is C53H92O5. The second-order valence-electron chi connectivity index (χ2n) is 16.0. The molecule has 334 valence electrons. The van der Waals surface area contributed by atoms with E-state index in [9.17, 15) is 9.59 Å². The fourth-order valence-electron chi connectivity index (χ4n) is 6.66. The maximum Gasteiger partial charge on any atom is 0.306 e. The molecule has 0 radical (unpaired) electrons. The summed E-state index contributed by atoms with van der Waals surface area (Å²) >= 11 is 0. The summed E-state index contributed by atoms with van der Waals surface area (Å²) in [6.07, 6.45) is 62.0. The monoisotopic (exact) mass is 809 g/mol. The first-order chi connectivity index (χ1) is 28.6. The van der Waals surface area contributed by atoms with Crippen molar-refractivity contribution in [3.63, 3.8) is 0 Å². The van der Waals surface area contributed by atoms with Gasteiger partial charge in [0.05, 0.1) is 6.61 Å². The van der Waals surface area contributed by atoms with Crippen molar-refractivity contribution in [3.8, 4) is 0 Å². The van der Waals surface area contributed by atoms with E-state index < -0.39 is 6.10 Å². The molecule has 0 amide bonds. The molecule has 1 unspecified atom stereocenters. The molecule has 0 heterocycles. The zero-order valence-electron chi connectivity index (χ0n) is 38.3. The lowest BCUT2D eigenvalue weighted by molar-refractivity contribution is -0.163. The van der Waals surface area contributed by atoms with E-state index in [-0.39, 0.29) is 25.2 Å². The maximum atomic E-state index is 12.7. The molecule has 0 N–H and O–H groups in total. The van der Waals surface area contributed by atoms with Crippen molar-refractivity contribution in [1.82, 2.24) is 0 Å². The van der Waals surface area contributed by atoms with E-state index in [1.54, 1.807) is 0 Å². The Morgan fingerprint density at radius 1 is 0.397 bits per heavy atom. The first-order valence-corrected chi connectivity index (χ1v) is 24.5. The van der Waals surface area contributed by atoms with Gasteiger partial charge in [-0.2, -0.15) is 0 Å². The second-order valence-corrected chi connectivity index (χ2v) is 16.0. The number of hydrogen-bond acceptors (Lipinski definition) is 5. The highest BCUT2D eigenvalue weighted by Gasteiger charge is 2.17. The molecule has 0 aliphatic heterocycles. The Hall–Kier alpha value is -2.66. The van der Waals surface area contributed by atoms with Crippen molar-refractivity contribution in [2.45, 2.75) is 232 Å². The van der Waals surface area contributed by atoms with Crippen molar-refractivity contribution in [2.75, 3.05) is 19.8 Å². The first kappa shape index (κ1) is 55.3. The fraction of sp³-hybridized carbons (Fsp3) is 0.736. The van der Waals surface area contributed by atoms with Gasteiger partial charge in [-0.05, 0) is 83.5 Å². The Bertz CT molecular complexity index is 1050. The number of hydrogen-bond donors (Lipinski definition) is 0. The molecule has 5 nitrogen and oxygen atoms in total. The van der Waals surface area contributed by atoms with E-state index in [0.717, 1.165) is 103 Å². The summed E-state index contributed by atoms with van der Waals surface area (Å²) in [7, 11) is 0. The van der Waals surface area contributed by atoms with Crippen molar-refractivity contribution in [2.24, 2.45) is 0 Å². The van der Waals surface area contributed by atoms with Crippen LogP contribution in [-0.2, 0) is 23.8 Å². The van der Waals surface area contributed by atoms with E-state index >= 15 is 0 Å². The minimum Gasteiger partial charge on any atom is -0.462 e. The number of allylic oxidation sites excluding steroid dienone is 12. The highest BCUT2D eigenvalue weighted by atomic mass is 16.6. The lowest BCUT2D eigenvalue weighted by Gasteiger charge is -2.18. The highest BCUT2D eigenvalue weighted by molar-refractivity contribution is 5.70. The zero-order chi connectivity index (χ0) is 42.1. The Morgan fingerprint density at radius 2 is 0.776 bits per heavy atom. The predicted octanol–water partition coefficient (Wildman–Crippen LogP) is 16.3. The summed E-state index contributed by atoms with van der Waals surface area (Å²) < 4.78 is 17.3. The second kappa shape index (κ2) is 48.7. The Kier molecular flexibility index (Phi) is 46.5. The molecule has 0 aromatic carbocycles. The third-order valence-corrected chi connectivity index (χ3v) is 10.2. The van der Waals surface area contributed by atoms with Crippen LogP contribution in [0.15, 0.2) is 72.9 Å². The van der Waals surface area contributed by atoms with Crippen molar-refractivity contribution in [1.29, 1.82) is 0 Å². The quantitative estimate of drug-likeness (QED) is 0.0348. The van der Waals surface area contributed by atoms with Crippen molar-refractivity contribution >= 4 is 11.9 Å². The number of carbonyl (C=O) groups is 2. The number of rotatable bonds is 44. The van der Waals surface area contributed by atoms with Crippen LogP contribution in [0.5, 0.6) is 0 Å². The van der Waals surface area contributed by atoms with Gasteiger partial charge in [-0.15, -0.1) is 0 Å². The molecule has 0 aromatic rings. The first-order valence-electron chi connectivity index (χ1n) is 24.5. The van der Waals surface area contributed by atoms with Crippen LogP contribution in [0.3, 0.4) is 0 Å². The van der Waals surface area contributed by atoms with Gasteiger partial charge in [-0.1, -0.05) is 203 Å². The molecule has 0 aliphatic carbocycles.